The van der Waals surface area contributed by atoms with E-state index in [9.17, 15) is 18.8 Å². The summed E-state index contributed by atoms with van der Waals surface area (Å²) < 4.78 is 20.2. The third-order valence-electron chi connectivity index (χ3n) is 7.01. The third kappa shape index (κ3) is 5.58. The van der Waals surface area contributed by atoms with Crippen molar-refractivity contribution < 1.29 is 23.5 Å². The number of carbonyl (C=O) groups is 3. The maximum absolute atomic E-state index is 14.8. The highest BCUT2D eigenvalue weighted by Gasteiger charge is 2.33. The van der Waals surface area contributed by atoms with Crippen LogP contribution in [0.3, 0.4) is 0 Å². The molecule has 2 saturated heterocycles. The highest BCUT2D eigenvalue weighted by atomic mass is 19.1. The molecule has 2 amide bonds. The zero-order chi connectivity index (χ0) is 25.8. The van der Waals surface area contributed by atoms with Gasteiger partial charge in [0.1, 0.15) is 11.9 Å². The van der Waals surface area contributed by atoms with Crippen LogP contribution in [0.2, 0.25) is 0 Å². The Kier molecular flexibility index (Phi) is 7.35. The van der Waals surface area contributed by atoms with E-state index in [2.05, 4.69) is 5.32 Å². The van der Waals surface area contributed by atoms with Gasteiger partial charge in [-0.25, -0.2) is 9.18 Å². The minimum absolute atomic E-state index is 0.0373. The number of piperidine rings is 1. The Morgan fingerprint density at radius 1 is 0.973 bits per heavy atom. The molecule has 0 saturated carbocycles. The SMILES string of the molecule is O=C(CCC(=O)c1cccc2ccccc12)NC[C@H]1CN(c2ccc(N3CCCCC3)c(F)c2)C(=O)O1. The van der Waals surface area contributed by atoms with E-state index in [1.54, 1.807) is 18.2 Å². The Hall–Kier alpha value is -3.94. The van der Waals surface area contributed by atoms with Gasteiger partial charge >= 0.3 is 6.09 Å². The Bertz CT molecular complexity index is 1320. The Balaban J connectivity index is 1.12. The average molecular weight is 504 g/mol. The summed E-state index contributed by atoms with van der Waals surface area (Å²) in [5.41, 5.74) is 1.58. The molecular weight excluding hydrogens is 473 g/mol. The Labute approximate surface area is 215 Å². The van der Waals surface area contributed by atoms with E-state index in [0.29, 0.717) is 16.9 Å². The number of hydrogen-bond donors (Lipinski definition) is 1. The number of halogens is 1. The van der Waals surface area contributed by atoms with Gasteiger partial charge in [-0.05, 0) is 48.2 Å². The fourth-order valence-electron chi connectivity index (χ4n) is 5.04. The summed E-state index contributed by atoms with van der Waals surface area (Å²) >= 11 is 0. The summed E-state index contributed by atoms with van der Waals surface area (Å²) in [6.07, 6.45) is 2.24. The van der Waals surface area contributed by atoms with E-state index in [1.165, 1.54) is 11.0 Å². The Morgan fingerprint density at radius 3 is 2.57 bits per heavy atom. The third-order valence-corrected chi connectivity index (χ3v) is 7.01. The first-order valence-corrected chi connectivity index (χ1v) is 12.8. The first-order chi connectivity index (χ1) is 18.0. The largest absolute Gasteiger partial charge is 0.442 e. The summed E-state index contributed by atoms with van der Waals surface area (Å²) in [5.74, 6) is -0.750. The number of ketones is 1. The molecular formula is C29H30FN3O4. The van der Waals surface area contributed by atoms with E-state index >= 15 is 0 Å². The number of fused-ring (bicyclic) bond motifs is 1. The number of Topliss-reactive ketones (excluding diaryl/α,β-unsaturated/α-hetero) is 1. The van der Waals surface area contributed by atoms with Gasteiger partial charge in [0, 0.05) is 31.5 Å². The number of anilines is 2. The van der Waals surface area contributed by atoms with Crippen LogP contribution in [0.4, 0.5) is 20.6 Å². The van der Waals surface area contributed by atoms with Crippen LogP contribution >= 0.6 is 0 Å². The Morgan fingerprint density at radius 2 is 1.76 bits per heavy atom. The number of nitrogens with one attached hydrogen (secondary N) is 1. The van der Waals surface area contributed by atoms with Crippen LogP contribution < -0.4 is 15.1 Å². The molecule has 7 nitrogen and oxygen atoms in total. The molecule has 1 atom stereocenters. The smallest absolute Gasteiger partial charge is 0.414 e. The number of benzene rings is 3. The van der Waals surface area contributed by atoms with Crippen molar-refractivity contribution in [2.24, 2.45) is 0 Å². The van der Waals surface area contributed by atoms with E-state index in [4.69, 9.17) is 4.74 Å². The average Bonchev–Trinajstić information content (AvgIpc) is 3.31. The predicted octanol–water partition coefficient (Wildman–Crippen LogP) is 5.07. The molecule has 8 heteroatoms. The molecule has 0 bridgehead atoms. The number of amides is 2. The first kappa shape index (κ1) is 24.7. The van der Waals surface area contributed by atoms with Crippen molar-refractivity contribution in [3.8, 4) is 0 Å². The summed E-state index contributed by atoms with van der Waals surface area (Å²) in [6.45, 7) is 1.99. The number of carbonyl (C=O) groups excluding carboxylic acids is 3. The molecule has 0 aromatic heterocycles. The lowest BCUT2D eigenvalue weighted by Crippen LogP contribution is -2.34. The minimum Gasteiger partial charge on any atom is -0.442 e. The van der Waals surface area contributed by atoms with E-state index in [-0.39, 0.29) is 43.4 Å². The molecule has 1 N–H and O–H groups in total. The predicted molar refractivity (Wildman–Crippen MR) is 141 cm³/mol. The van der Waals surface area contributed by atoms with Crippen molar-refractivity contribution in [2.45, 2.75) is 38.2 Å². The van der Waals surface area contributed by atoms with Crippen molar-refractivity contribution in [3.63, 3.8) is 0 Å². The number of hydrogen-bond acceptors (Lipinski definition) is 5. The minimum atomic E-state index is -0.574. The van der Waals surface area contributed by atoms with Gasteiger partial charge in [0.25, 0.3) is 0 Å². The molecule has 0 unspecified atom stereocenters. The zero-order valence-corrected chi connectivity index (χ0v) is 20.6. The first-order valence-electron chi connectivity index (χ1n) is 12.8. The van der Waals surface area contributed by atoms with Crippen LogP contribution in [0.25, 0.3) is 10.8 Å². The molecule has 3 aromatic carbocycles. The van der Waals surface area contributed by atoms with Crippen LogP contribution in [-0.4, -0.2) is 50.1 Å². The monoisotopic (exact) mass is 503 g/mol. The lowest BCUT2D eigenvalue weighted by atomic mass is 9.99. The number of ether oxygens (including phenoxy) is 1. The molecule has 2 heterocycles. The van der Waals surface area contributed by atoms with Gasteiger partial charge in [0.05, 0.1) is 24.5 Å². The van der Waals surface area contributed by atoms with Gasteiger partial charge in [-0.15, -0.1) is 0 Å². The molecule has 0 aliphatic carbocycles. The van der Waals surface area contributed by atoms with Crippen LogP contribution in [-0.2, 0) is 9.53 Å². The molecule has 2 aliphatic rings. The fraction of sp³-hybridized carbons (Fsp3) is 0.345. The van der Waals surface area contributed by atoms with Gasteiger partial charge in [0.2, 0.25) is 5.91 Å². The van der Waals surface area contributed by atoms with Crippen LogP contribution in [0.1, 0.15) is 42.5 Å². The molecule has 192 valence electrons. The van der Waals surface area contributed by atoms with Crippen molar-refractivity contribution in [2.75, 3.05) is 36.0 Å². The van der Waals surface area contributed by atoms with Crippen LogP contribution in [0.5, 0.6) is 0 Å². The van der Waals surface area contributed by atoms with Gasteiger partial charge in [-0.1, -0.05) is 42.5 Å². The quantitative estimate of drug-likeness (QED) is 0.434. The molecule has 37 heavy (non-hydrogen) atoms. The van der Waals surface area contributed by atoms with Gasteiger partial charge < -0.3 is 15.0 Å². The van der Waals surface area contributed by atoms with Gasteiger partial charge in [-0.2, -0.15) is 0 Å². The second kappa shape index (κ2) is 11.0. The lowest BCUT2D eigenvalue weighted by Gasteiger charge is -2.29. The van der Waals surface area contributed by atoms with Gasteiger partial charge in [0.15, 0.2) is 5.78 Å². The summed E-state index contributed by atoms with van der Waals surface area (Å²) in [7, 11) is 0. The molecule has 3 aromatic rings. The van der Waals surface area contributed by atoms with E-state index in [1.807, 2.05) is 41.3 Å². The normalized spacial score (nSPS) is 17.6. The van der Waals surface area contributed by atoms with Crippen molar-refractivity contribution >= 4 is 39.9 Å². The summed E-state index contributed by atoms with van der Waals surface area (Å²) in [4.78, 5) is 41.0. The van der Waals surface area contributed by atoms with Crippen molar-refractivity contribution in [1.29, 1.82) is 0 Å². The highest BCUT2D eigenvalue weighted by Crippen LogP contribution is 2.29. The topological polar surface area (TPSA) is 79.0 Å². The second-order valence-corrected chi connectivity index (χ2v) is 9.55. The van der Waals surface area contributed by atoms with Crippen molar-refractivity contribution in [1.82, 2.24) is 5.32 Å². The van der Waals surface area contributed by atoms with Crippen LogP contribution in [0, 0.1) is 5.82 Å². The van der Waals surface area contributed by atoms with Gasteiger partial charge in [-0.3, -0.25) is 14.5 Å². The van der Waals surface area contributed by atoms with Crippen molar-refractivity contribution in [3.05, 3.63) is 72.0 Å². The van der Waals surface area contributed by atoms with E-state index in [0.717, 1.165) is 43.1 Å². The van der Waals surface area contributed by atoms with Crippen LogP contribution in [0.15, 0.2) is 60.7 Å². The number of nitrogens with zero attached hydrogens (tertiary/aromatic N) is 2. The highest BCUT2D eigenvalue weighted by molar-refractivity contribution is 6.08. The molecule has 5 rings (SSSR count). The molecule has 0 spiro atoms. The fourth-order valence-corrected chi connectivity index (χ4v) is 5.04. The zero-order valence-electron chi connectivity index (χ0n) is 20.6. The number of cyclic esters (lactones) is 1. The van der Waals surface area contributed by atoms with E-state index < -0.39 is 12.2 Å². The molecule has 2 aliphatic heterocycles. The maximum Gasteiger partial charge on any atom is 0.414 e. The lowest BCUT2D eigenvalue weighted by molar-refractivity contribution is -0.121. The molecule has 2 fully saturated rings. The summed E-state index contributed by atoms with van der Waals surface area (Å²) in [6, 6.07) is 18.0. The second-order valence-electron chi connectivity index (χ2n) is 9.55. The molecule has 0 radical (unpaired) electrons. The summed E-state index contributed by atoms with van der Waals surface area (Å²) in [5, 5.41) is 4.60. The maximum atomic E-state index is 14.8. The standard InChI is InChI=1S/C29H30FN3O4/c30-25-17-21(11-12-26(25)32-15-4-1-5-16-32)33-19-22(37-29(33)36)18-31-28(35)14-13-27(34)24-10-6-8-20-7-2-3-9-23(20)24/h2-3,6-12,17,22H,1,4-5,13-16,18-19H2,(H,31,35)/t22-/m0/s1. The number of rotatable bonds is 8.